The number of hydrogen-bond acceptors (Lipinski definition) is 0. The second-order valence-corrected chi connectivity index (χ2v) is 9.04. The Balaban J connectivity index is 1.53. The van der Waals surface area contributed by atoms with E-state index in [1.54, 1.807) is 0 Å². The molecule has 0 saturated carbocycles. The summed E-state index contributed by atoms with van der Waals surface area (Å²) < 4.78 is 2.48. The normalized spacial score (nSPS) is 12.3. The van der Waals surface area contributed by atoms with E-state index in [2.05, 4.69) is 121 Å². The van der Waals surface area contributed by atoms with Crippen molar-refractivity contribution in [3.05, 3.63) is 126 Å². The van der Waals surface area contributed by atoms with E-state index in [4.69, 9.17) is 0 Å². The van der Waals surface area contributed by atoms with E-state index in [0.717, 1.165) is 6.42 Å². The van der Waals surface area contributed by atoms with E-state index >= 15 is 0 Å². The van der Waals surface area contributed by atoms with Crippen LogP contribution < -0.4 is 0 Å². The molecule has 0 aliphatic heterocycles. The Morgan fingerprint density at radius 1 is 0.636 bits per heavy atom. The first kappa shape index (κ1) is 18.5. The molecule has 0 bridgehead atoms. The van der Waals surface area contributed by atoms with E-state index in [-0.39, 0.29) is 0 Å². The number of rotatable bonds is 2. The third-order valence-electron chi connectivity index (χ3n) is 7.15. The predicted octanol–water partition coefficient (Wildman–Crippen LogP) is 8.33. The zero-order valence-electron chi connectivity index (χ0n) is 18.5. The lowest BCUT2D eigenvalue weighted by Crippen LogP contribution is -1.97. The van der Waals surface area contributed by atoms with Crippen molar-refractivity contribution < 1.29 is 0 Å². The Hall–Kier alpha value is -4.10. The summed E-state index contributed by atoms with van der Waals surface area (Å²) in [6, 6.07) is 39.7. The lowest BCUT2D eigenvalue weighted by molar-refractivity contribution is 1.15. The summed E-state index contributed by atoms with van der Waals surface area (Å²) >= 11 is 0. The molecule has 1 heteroatoms. The molecule has 0 saturated heterocycles. The minimum absolute atomic E-state index is 0.987. The molecule has 1 aliphatic rings. The van der Waals surface area contributed by atoms with Crippen LogP contribution >= 0.6 is 0 Å². The van der Waals surface area contributed by atoms with Gasteiger partial charge in [-0.15, -0.1) is 0 Å². The standard InChI is InChI=1S/C32H23N/c1-21-19-28-26-12-6-5-11-24(26)20-29(28)32-31(21)27-13-7-8-14-30(27)33(32)25-17-15-23(16-18-25)22-9-3-2-4-10-22/h2-19H,20H2,1H3. The van der Waals surface area contributed by atoms with Gasteiger partial charge in [0, 0.05) is 22.9 Å². The highest BCUT2D eigenvalue weighted by Gasteiger charge is 2.25. The van der Waals surface area contributed by atoms with E-state index < -0.39 is 0 Å². The van der Waals surface area contributed by atoms with Crippen LogP contribution in [0, 0.1) is 6.92 Å². The summed E-state index contributed by atoms with van der Waals surface area (Å²) in [4.78, 5) is 0. The first-order valence-corrected chi connectivity index (χ1v) is 11.6. The minimum atomic E-state index is 0.987. The van der Waals surface area contributed by atoms with Crippen LogP contribution in [0.5, 0.6) is 0 Å². The largest absolute Gasteiger partial charge is 0.309 e. The number of aromatic nitrogens is 1. The number of nitrogens with zero attached hydrogens (tertiary/aromatic N) is 1. The number of aryl methyl sites for hydroxylation is 1. The second-order valence-electron chi connectivity index (χ2n) is 9.04. The van der Waals surface area contributed by atoms with Crippen LogP contribution in [-0.2, 0) is 6.42 Å². The Labute approximate surface area is 193 Å². The van der Waals surface area contributed by atoms with Gasteiger partial charge in [0.15, 0.2) is 0 Å². The monoisotopic (exact) mass is 421 g/mol. The molecule has 33 heavy (non-hydrogen) atoms. The van der Waals surface area contributed by atoms with Gasteiger partial charge in [-0.05, 0) is 64.1 Å². The Morgan fingerprint density at radius 2 is 1.33 bits per heavy atom. The smallest absolute Gasteiger partial charge is 0.0585 e. The van der Waals surface area contributed by atoms with Crippen molar-refractivity contribution in [2.24, 2.45) is 0 Å². The van der Waals surface area contributed by atoms with Gasteiger partial charge in [0.2, 0.25) is 0 Å². The van der Waals surface area contributed by atoms with Crippen LogP contribution in [0.3, 0.4) is 0 Å². The van der Waals surface area contributed by atoms with Crippen molar-refractivity contribution >= 4 is 21.8 Å². The maximum Gasteiger partial charge on any atom is 0.0585 e. The molecule has 0 N–H and O–H groups in total. The van der Waals surface area contributed by atoms with Gasteiger partial charge in [-0.25, -0.2) is 0 Å². The summed E-state index contributed by atoms with van der Waals surface area (Å²) in [7, 11) is 0. The second kappa shape index (κ2) is 6.95. The summed E-state index contributed by atoms with van der Waals surface area (Å²) in [6.45, 7) is 2.26. The molecule has 5 aromatic carbocycles. The first-order valence-electron chi connectivity index (χ1n) is 11.6. The minimum Gasteiger partial charge on any atom is -0.309 e. The third-order valence-corrected chi connectivity index (χ3v) is 7.15. The van der Waals surface area contributed by atoms with Gasteiger partial charge in [0.25, 0.3) is 0 Å². The highest BCUT2D eigenvalue weighted by Crippen LogP contribution is 2.45. The van der Waals surface area contributed by atoms with Crippen LogP contribution in [0.15, 0.2) is 109 Å². The van der Waals surface area contributed by atoms with Gasteiger partial charge < -0.3 is 4.57 Å². The van der Waals surface area contributed by atoms with E-state index in [0.29, 0.717) is 0 Å². The maximum absolute atomic E-state index is 2.48. The lowest BCUT2D eigenvalue weighted by Gasteiger charge is -2.13. The number of para-hydroxylation sites is 1. The molecule has 1 nitrogen and oxygen atoms in total. The van der Waals surface area contributed by atoms with Crippen LogP contribution in [0.25, 0.3) is 49.7 Å². The van der Waals surface area contributed by atoms with Crippen molar-refractivity contribution in [3.8, 4) is 27.9 Å². The number of benzene rings is 5. The molecular weight excluding hydrogens is 398 g/mol. The first-order chi connectivity index (χ1) is 16.3. The van der Waals surface area contributed by atoms with Crippen LogP contribution in [-0.4, -0.2) is 4.57 Å². The maximum atomic E-state index is 2.48. The number of fused-ring (bicyclic) bond motifs is 7. The van der Waals surface area contributed by atoms with E-state index in [1.165, 1.54) is 66.4 Å². The van der Waals surface area contributed by atoms with Crippen LogP contribution in [0.4, 0.5) is 0 Å². The van der Waals surface area contributed by atoms with E-state index in [9.17, 15) is 0 Å². The molecule has 0 radical (unpaired) electrons. The average molecular weight is 422 g/mol. The van der Waals surface area contributed by atoms with E-state index in [1.807, 2.05) is 0 Å². The van der Waals surface area contributed by atoms with Gasteiger partial charge >= 0.3 is 0 Å². The molecule has 0 spiro atoms. The number of hydrogen-bond donors (Lipinski definition) is 0. The topological polar surface area (TPSA) is 4.93 Å². The molecule has 6 aromatic rings. The fourth-order valence-electron chi connectivity index (χ4n) is 5.68. The average Bonchev–Trinajstić information content (AvgIpc) is 3.41. The van der Waals surface area contributed by atoms with Crippen molar-refractivity contribution in [3.63, 3.8) is 0 Å². The highest BCUT2D eigenvalue weighted by molar-refractivity contribution is 6.14. The Morgan fingerprint density at radius 3 is 2.18 bits per heavy atom. The summed E-state index contributed by atoms with van der Waals surface area (Å²) in [5.41, 5.74) is 13.3. The molecular formula is C32H23N. The SMILES string of the molecule is Cc1cc2c(c3c1c1ccccc1n3-c1ccc(-c3ccccc3)cc1)Cc1ccccc1-2. The fraction of sp³-hybridized carbons (Fsp3) is 0.0625. The molecule has 1 aromatic heterocycles. The molecule has 1 heterocycles. The quantitative estimate of drug-likeness (QED) is 0.264. The van der Waals surface area contributed by atoms with Crippen LogP contribution in [0.2, 0.25) is 0 Å². The highest BCUT2D eigenvalue weighted by atomic mass is 15.0. The molecule has 0 unspecified atom stereocenters. The molecule has 0 amide bonds. The zero-order valence-corrected chi connectivity index (χ0v) is 18.5. The zero-order chi connectivity index (χ0) is 21.9. The fourth-order valence-corrected chi connectivity index (χ4v) is 5.68. The van der Waals surface area contributed by atoms with Gasteiger partial charge in [-0.3, -0.25) is 0 Å². The lowest BCUT2D eigenvalue weighted by atomic mass is 9.98. The van der Waals surface area contributed by atoms with Crippen LogP contribution in [0.1, 0.15) is 16.7 Å². The van der Waals surface area contributed by atoms with Crippen molar-refractivity contribution in [2.75, 3.05) is 0 Å². The Kier molecular flexibility index (Phi) is 3.89. The molecule has 0 atom stereocenters. The molecule has 7 rings (SSSR count). The van der Waals surface area contributed by atoms with Gasteiger partial charge in [0.05, 0.1) is 11.0 Å². The van der Waals surface area contributed by atoms with Crippen molar-refractivity contribution in [1.82, 2.24) is 4.57 Å². The predicted molar refractivity (Wildman–Crippen MR) is 139 cm³/mol. The molecule has 1 aliphatic carbocycles. The van der Waals surface area contributed by atoms with Crippen molar-refractivity contribution in [1.29, 1.82) is 0 Å². The third kappa shape index (κ3) is 2.66. The molecule has 0 fully saturated rings. The molecule has 156 valence electrons. The summed E-state index contributed by atoms with van der Waals surface area (Å²) in [5.74, 6) is 0. The van der Waals surface area contributed by atoms with Gasteiger partial charge in [0.1, 0.15) is 0 Å². The van der Waals surface area contributed by atoms with Crippen molar-refractivity contribution in [2.45, 2.75) is 13.3 Å². The van der Waals surface area contributed by atoms with Gasteiger partial charge in [-0.1, -0.05) is 91.0 Å². The summed E-state index contributed by atoms with van der Waals surface area (Å²) in [6.07, 6.45) is 0.987. The summed E-state index contributed by atoms with van der Waals surface area (Å²) in [5, 5.41) is 2.71. The van der Waals surface area contributed by atoms with Gasteiger partial charge in [-0.2, -0.15) is 0 Å². The Bertz CT molecular complexity index is 1670.